The smallest absolute Gasteiger partial charge is 0.185 e. The topological polar surface area (TPSA) is 50.4 Å². The highest BCUT2D eigenvalue weighted by Crippen LogP contribution is 2.26. The second-order valence-corrected chi connectivity index (χ2v) is 3.32. The maximum atomic E-state index is 10.4. The highest BCUT2D eigenvalue weighted by atomic mass is 16.3. The molecule has 1 aromatic heterocycles. The van der Waals surface area contributed by atoms with Crippen LogP contribution in [0.4, 0.5) is 0 Å². The van der Waals surface area contributed by atoms with Crippen LogP contribution in [0.2, 0.25) is 0 Å². The van der Waals surface area contributed by atoms with Gasteiger partial charge >= 0.3 is 0 Å². The van der Waals surface area contributed by atoms with Crippen molar-refractivity contribution < 1.29 is 14.3 Å². The summed E-state index contributed by atoms with van der Waals surface area (Å²) < 4.78 is 5.26. The summed E-state index contributed by atoms with van der Waals surface area (Å²) in [5, 5.41) is 9.36. The molecule has 76 valence electrons. The third kappa shape index (κ3) is 1.76. The fraction of sp³-hybridized carbons (Fsp3) is 0.0833. The summed E-state index contributed by atoms with van der Waals surface area (Å²) in [7, 11) is 0. The summed E-state index contributed by atoms with van der Waals surface area (Å²) >= 11 is 0. The molecule has 0 saturated carbocycles. The van der Waals surface area contributed by atoms with Gasteiger partial charge in [0.05, 0.1) is 0 Å². The predicted octanol–water partition coefficient (Wildman–Crippen LogP) is 2.77. The van der Waals surface area contributed by atoms with Gasteiger partial charge in [-0.2, -0.15) is 0 Å². The lowest BCUT2D eigenvalue weighted by Gasteiger charge is -2.00. The van der Waals surface area contributed by atoms with E-state index in [2.05, 4.69) is 0 Å². The number of hydrogen-bond donors (Lipinski definition) is 1. The minimum absolute atomic E-state index is 0.251. The van der Waals surface area contributed by atoms with Crippen molar-refractivity contribution in [3.63, 3.8) is 0 Å². The zero-order valence-corrected chi connectivity index (χ0v) is 8.23. The van der Waals surface area contributed by atoms with Gasteiger partial charge < -0.3 is 9.52 Å². The lowest BCUT2D eigenvalue weighted by Crippen LogP contribution is -1.78. The zero-order chi connectivity index (χ0) is 10.8. The van der Waals surface area contributed by atoms with Crippen LogP contribution in [0, 0.1) is 6.92 Å². The molecule has 3 nitrogen and oxygen atoms in total. The molecule has 0 spiro atoms. The van der Waals surface area contributed by atoms with E-state index in [4.69, 9.17) is 4.42 Å². The van der Waals surface area contributed by atoms with Gasteiger partial charge in [-0.3, -0.25) is 4.79 Å². The first-order valence-electron chi connectivity index (χ1n) is 4.55. The molecular formula is C12H10O3. The molecule has 0 radical (unpaired) electrons. The summed E-state index contributed by atoms with van der Waals surface area (Å²) in [6.07, 6.45) is 0.663. The van der Waals surface area contributed by atoms with E-state index in [0.29, 0.717) is 17.8 Å². The Morgan fingerprint density at radius 2 is 2.07 bits per heavy atom. The molecule has 2 aromatic rings. The number of furan rings is 1. The Morgan fingerprint density at radius 1 is 1.27 bits per heavy atom. The number of aromatic hydroxyl groups is 1. The average molecular weight is 202 g/mol. The predicted molar refractivity (Wildman–Crippen MR) is 55.9 cm³/mol. The Hall–Kier alpha value is -2.03. The van der Waals surface area contributed by atoms with Crippen molar-refractivity contribution in [1.29, 1.82) is 0 Å². The lowest BCUT2D eigenvalue weighted by molar-refractivity contribution is 0.110. The lowest BCUT2D eigenvalue weighted by atomic mass is 10.1. The van der Waals surface area contributed by atoms with Crippen LogP contribution in [0.5, 0.6) is 5.75 Å². The first-order valence-corrected chi connectivity index (χ1v) is 4.55. The maximum absolute atomic E-state index is 10.4. The molecule has 0 fully saturated rings. The third-order valence-electron chi connectivity index (χ3n) is 2.22. The second kappa shape index (κ2) is 3.61. The minimum Gasteiger partial charge on any atom is -0.508 e. The molecule has 1 heterocycles. The molecule has 0 amide bonds. The number of aldehydes is 1. The molecular weight excluding hydrogens is 192 g/mol. The molecule has 15 heavy (non-hydrogen) atoms. The molecule has 0 aliphatic rings. The van der Waals surface area contributed by atoms with Crippen molar-refractivity contribution in [3.05, 3.63) is 41.7 Å². The van der Waals surface area contributed by atoms with Crippen LogP contribution in [0.25, 0.3) is 11.3 Å². The molecule has 0 aliphatic heterocycles. The monoisotopic (exact) mass is 202 g/mol. The maximum Gasteiger partial charge on any atom is 0.185 e. The number of aryl methyl sites for hydroxylation is 1. The van der Waals surface area contributed by atoms with Gasteiger partial charge in [-0.25, -0.2) is 0 Å². The summed E-state index contributed by atoms with van der Waals surface area (Å²) in [5.74, 6) is 1.18. The van der Waals surface area contributed by atoms with Gasteiger partial charge in [-0.15, -0.1) is 0 Å². The van der Waals surface area contributed by atoms with E-state index in [0.717, 1.165) is 11.1 Å². The van der Waals surface area contributed by atoms with Gasteiger partial charge in [-0.1, -0.05) is 0 Å². The van der Waals surface area contributed by atoms with E-state index >= 15 is 0 Å². The van der Waals surface area contributed by atoms with E-state index in [1.165, 1.54) is 0 Å². The minimum atomic E-state index is 0.251. The summed E-state index contributed by atoms with van der Waals surface area (Å²) in [5.41, 5.74) is 1.62. The fourth-order valence-electron chi connectivity index (χ4n) is 1.38. The molecule has 1 N–H and O–H groups in total. The van der Waals surface area contributed by atoms with Crippen LogP contribution in [0.3, 0.4) is 0 Å². The number of rotatable bonds is 2. The van der Waals surface area contributed by atoms with Gasteiger partial charge in [0.1, 0.15) is 11.5 Å². The standard InChI is InChI=1S/C12H10O3/c1-8-6-9(2-4-11(8)14)12-5-3-10(7-13)15-12/h2-7,14H,1H3. The van der Waals surface area contributed by atoms with Crippen molar-refractivity contribution in [2.75, 3.05) is 0 Å². The van der Waals surface area contributed by atoms with Crippen LogP contribution in [0.1, 0.15) is 16.1 Å². The van der Waals surface area contributed by atoms with E-state index in [1.807, 2.05) is 13.0 Å². The molecule has 0 atom stereocenters. The van der Waals surface area contributed by atoms with Crippen LogP contribution in [0.15, 0.2) is 34.7 Å². The number of carbonyl (C=O) groups is 1. The zero-order valence-electron chi connectivity index (χ0n) is 8.23. The number of hydrogen-bond acceptors (Lipinski definition) is 3. The molecule has 2 rings (SSSR count). The third-order valence-corrected chi connectivity index (χ3v) is 2.22. The summed E-state index contributed by atoms with van der Waals surface area (Å²) in [6, 6.07) is 8.51. The van der Waals surface area contributed by atoms with Crippen molar-refractivity contribution in [2.24, 2.45) is 0 Å². The van der Waals surface area contributed by atoms with E-state index in [9.17, 15) is 9.90 Å². The number of carbonyl (C=O) groups excluding carboxylic acids is 1. The molecule has 0 saturated heterocycles. The summed E-state index contributed by atoms with van der Waals surface area (Å²) in [6.45, 7) is 1.81. The van der Waals surface area contributed by atoms with Crippen LogP contribution < -0.4 is 0 Å². The SMILES string of the molecule is Cc1cc(-c2ccc(C=O)o2)ccc1O. The van der Waals surface area contributed by atoms with Crippen LogP contribution in [-0.2, 0) is 0 Å². The van der Waals surface area contributed by atoms with Crippen molar-refractivity contribution in [2.45, 2.75) is 6.92 Å². The molecule has 0 bridgehead atoms. The van der Waals surface area contributed by atoms with E-state index < -0.39 is 0 Å². The van der Waals surface area contributed by atoms with Gasteiger partial charge in [-0.05, 0) is 42.8 Å². The normalized spacial score (nSPS) is 10.2. The Morgan fingerprint density at radius 3 is 2.67 bits per heavy atom. The van der Waals surface area contributed by atoms with Crippen molar-refractivity contribution in [1.82, 2.24) is 0 Å². The van der Waals surface area contributed by atoms with Gasteiger partial charge in [0.25, 0.3) is 0 Å². The Balaban J connectivity index is 2.44. The Kier molecular flexibility index (Phi) is 2.29. The first-order chi connectivity index (χ1) is 7.20. The highest BCUT2D eigenvalue weighted by molar-refractivity contribution is 5.73. The quantitative estimate of drug-likeness (QED) is 0.762. The molecule has 0 unspecified atom stereocenters. The number of benzene rings is 1. The second-order valence-electron chi connectivity index (χ2n) is 3.32. The van der Waals surface area contributed by atoms with Crippen molar-refractivity contribution in [3.8, 4) is 17.1 Å². The van der Waals surface area contributed by atoms with Crippen LogP contribution >= 0.6 is 0 Å². The number of phenols is 1. The molecule has 3 heteroatoms. The Bertz CT molecular complexity index is 497. The largest absolute Gasteiger partial charge is 0.508 e. The average Bonchev–Trinajstić information content (AvgIpc) is 2.70. The van der Waals surface area contributed by atoms with Gasteiger partial charge in [0.2, 0.25) is 0 Å². The Labute approximate surface area is 87.0 Å². The van der Waals surface area contributed by atoms with E-state index in [-0.39, 0.29) is 5.75 Å². The molecule has 1 aromatic carbocycles. The fourth-order valence-corrected chi connectivity index (χ4v) is 1.38. The summed E-state index contributed by atoms with van der Waals surface area (Å²) in [4.78, 5) is 10.4. The van der Waals surface area contributed by atoms with E-state index in [1.54, 1.807) is 24.3 Å². The van der Waals surface area contributed by atoms with Crippen LogP contribution in [-0.4, -0.2) is 11.4 Å². The first kappa shape index (κ1) is 9.52. The highest BCUT2D eigenvalue weighted by Gasteiger charge is 2.05. The number of phenolic OH excluding ortho intramolecular Hbond substituents is 1. The van der Waals surface area contributed by atoms with Gasteiger partial charge in [0.15, 0.2) is 12.0 Å². The molecule has 0 aliphatic carbocycles. The van der Waals surface area contributed by atoms with Gasteiger partial charge in [0, 0.05) is 5.56 Å². The van der Waals surface area contributed by atoms with Crippen molar-refractivity contribution >= 4 is 6.29 Å².